The summed E-state index contributed by atoms with van der Waals surface area (Å²) in [5, 5.41) is 12.4. The highest BCUT2D eigenvalue weighted by Crippen LogP contribution is 2.25. The summed E-state index contributed by atoms with van der Waals surface area (Å²) in [6.07, 6.45) is 0. The van der Waals surface area contributed by atoms with Crippen LogP contribution in [0, 0.1) is 5.82 Å². The van der Waals surface area contributed by atoms with Crippen molar-refractivity contribution in [2.24, 2.45) is 0 Å². The highest BCUT2D eigenvalue weighted by atomic mass is 35.5. The molecule has 1 aromatic carbocycles. The number of aliphatic hydroxyl groups is 1. The minimum absolute atomic E-state index is 0.172. The molecule has 4 heteroatoms. The number of hydrogen-bond acceptors (Lipinski definition) is 2. The van der Waals surface area contributed by atoms with Gasteiger partial charge in [-0.25, -0.2) is 4.39 Å². The quantitative estimate of drug-likeness (QED) is 0.810. The molecule has 0 aliphatic carbocycles. The lowest BCUT2D eigenvalue weighted by Gasteiger charge is -2.17. The van der Waals surface area contributed by atoms with Crippen LogP contribution in [0.25, 0.3) is 0 Å². The molecule has 0 saturated heterocycles. The number of benzene rings is 1. The van der Waals surface area contributed by atoms with Crippen LogP contribution in [-0.2, 0) is 0 Å². The first-order valence-corrected chi connectivity index (χ1v) is 4.86. The van der Waals surface area contributed by atoms with Crippen LogP contribution in [0.4, 0.5) is 4.39 Å². The number of rotatable bonds is 4. The Balaban J connectivity index is 3.02. The molecule has 0 spiro atoms. The van der Waals surface area contributed by atoms with Crippen molar-refractivity contribution >= 4 is 11.6 Å². The lowest BCUT2D eigenvalue weighted by molar-refractivity contribution is 0.243. The fraction of sp³-hybridized carbons (Fsp3) is 0.400. The van der Waals surface area contributed by atoms with Gasteiger partial charge in [0, 0.05) is 10.6 Å². The predicted molar refractivity (Wildman–Crippen MR) is 54.9 cm³/mol. The maximum atomic E-state index is 13.4. The van der Waals surface area contributed by atoms with Gasteiger partial charge in [-0.3, -0.25) is 0 Å². The van der Waals surface area contributed by atoms with Crippen LogP contribution in [-0.4, -0.2) is 18.3 Å². The van der Waals surface area contributed by atoms with Crippen molar-refractivity contribution < 1.29 is 9.50 Å². The lowest BCUT2D eigenvalue weighted by atomic mass is 10.1. The summed E-state index contributed by atoms with van der Waals surface area (Å²) in [7, 11) is 0. The van der Waals surface area contributed by atoms with E-state index < -0.39 is 11.9 Å². The van der Waals surface area contributed by atoms with Crippen LogP contribution in [0.2, 0.25) is 5.02 Å². The van der Waals surface area contributed by atoms with E-state index >= 15 is 0 Å². The minimum Gasteiger partial charge on any atom is -0.394 e. The van der Waals surface area contributed by atoms with E-state index in [4.69, 9.17) is 16.7 Å². The molecule has 1 aromatic rings. The summed E-state index contributed by atoms with van der Waals surface area (Å²) < 4.78 is 13.4. The average Bonchev–Trinajstić information content (AvgIpc) is 2.16. The standard InChI is InChI=1S/C10H13ClFNO/c1-2-13-9(6-14)10-7(11)4-3-5-8(10)12/h3-5,9,13-14H,2,6H2,1H3. The molecule has 1 rings (SSSR count). The Labute approximate surface area is 87.7 Å². The maximum Gasteiger partial charge on any atom is 0.129 e. The maximum absolute atomic E-state index is 13.4. The molecule has 78 valence electrons. The Hall–Kier alpha value is -0.640. The fourth-order valence-electron chi connectivity index (χ4n) is 1.35. The molecule has 0 heterocycles. The largest absolute Gasteiger partial charge is 0.394 e. The molecule has 0 radical (unpaired) electrons. The normalized spacial score (nSPS) is 12.9. The third kappa shape index (κ3) is 2.44. The third-order valence-corrected chi connectivity index (χ3v) is 2.31. The fourth-order valence-corrected chi connectivity index (χ4v) is 1.64. The van der Waals surface area contributed by atoms with Gasteiger partial charge in [-0.2, -0.15) is 0 Å². The second-order valence-corrected chi connectivity index (χ2v) is 3.34. The number of likely N-dealkylation sites (N-methyl/N-ethyl adjacent to an activating group) is 1. The van der Waals surface area contributed by atoms with Crippen LogP contribution in [0.5, 0.6) is 0 Å². The summed E-state index contributed by atoms with van der Waals surface area (Å²) in [6, 6.07) is 4.05. The van der Waals surface area contributed by atoms with Gasteiger partial charge in [-0.15, -0.1) is 0 Å². The summed E-state index contributed by atoms with van der Waals surface area (Å²) in [5.74, 6) is -0.391. The zero-order valence-corrected chi connectivity index (χ0v) is 8.68. The molecule has 0 aromatic heterocycles. The van der Waals surface area contributed by atoms with Gasteiger partial charge in [0.1, 0.15) is 5.82 Å². The van der Waals surface area contributed by atoms with Crippen molar-refractivity contribution in [3.63, 3.8) is 0 Å². The summed E-state index contributed by atoms with van der Waals surface area (Å²) >= 11 is 5.85. The zero-order valence-electron chi connectivity index (χ0n) is 7.93. The molecule has 0 aliphatic rings. The SMILES string of the molecule is CCNC(CO)c1c(F)cccc1Cl. The second-order valence-electron chi connectivity index (χ2n) is 2.93. The first-order valence-electron chi connectivity index (χ1n) is 4.48. The van der Waals surface area contributed by atoms with Crippen molar-refractivity contribution in [1.82, 2.24) is 5.32 Å². The summed E-state index contributed by atoms with van der Waals surface area (Å²) in [5.41, 5.74) is 0.332. The lowest BCUT2D eigenvalue weighted by Crippen LogP contribution is -2.25. The van der Waals surface area contributed by atoms with Crippen LogP contribution in [0.15, 0.2) is 18.2 Å². The van der Waals surface area contributed by atoms with Crippen molar-refractivity contribution in [3.05, 3.63) is 34.6 Å². The highest BCUT2D eigenvalue weighted by molar-refractivity contribution is 6.31. The van der Waals surface area contributed by atoms with E-state index in [1.165, 1.54) is 6.07 Å². The Kier molecular flexibility index (Phi) is 4.32. The summed E-state index contributed by atoms with van der Waals surface area (Å²) in [6.45, 7) is 2.36. The van der Waals surface area contributed by atoms with Gasteiger partial charge in [0.05, 0.1) is 12.6 Å². The zero-order chi connectivity index (χ0) is 10.6. The Morgan fingerprint density at radius 2 is 2.29 bits per heavy atom. The molecule has 0 bridgehead atoms. The van der Waals surface area contributed by atoms with Crippen LogP contribution >= 0.6 is 11.6 Å². The van der Waals surface area contributed by atoms with Gasteiger partial charge in [-0.1, -0.05) is 24.6 Å². The highest BCUT2D eigenvalue weighted by Gasteiger charge is 2.16. The number of halogens is 2. The topological polar surface area (TPSA) is 32.3 Å². The van der Waals surface area contributed by atoms with Gasteiger partial charge in [0.2, 0.25) is 0 Å². The molecule has 14 heavy (non-hydrogen) atoms. The Bertz CT molecular complexity index is 286. The molecule has 0 amide bonds. The molecular formula is C10H13ClFNO. The first-order chi connectivity index (χ1) is 6.70. The molecule has 0 saturated carbocycles. The Morgan fingerprint density at radius 3 is 2.79 bits per heavy atom. The van der Waals surface area contributed by atoms with Gasteiger partial charge < -0.3 is 10.4 Å². The Morgan fingerprint density at radius 1 is 1.57 bits per heavy atom. The van der Waals surface area contributed by atoms with E-state index in [-0.39, 0.29) is 6.61 Å². The van der Waals surface area contributed by atoms with E-state index in [0.29, 0.717) is 17.1 Å². The van der Waals surface area contributed by atoms with Gasteiger partial charge >= 0.3 is 0 Å². The van der Waals surface area contributed by atoms with E-state index in [1.54, 1.807) is 12.1 Å². The second kappa shape index (κ2) is 5.29. The smallest absolute Gasteiger partial charge is 0.129 e. The monoisotopic (exact) mass is 217 g/mol. The molecule has 0 fully saturated rings. The average molecular weight is 218 g/mol. The van der Waals surface area contributed by atoms with Crippen LogP contribution < -0.4 is 5.32 Å². The van der Waals surface area contributed by atoms with Crippen LogP contribution in [0.1, 0.15) is 18.5 Å². The first kappa shape index (κ1) is 11.4. The van der Waals surface area contributed by atoms with E-state index in [1.807, 2.05) is 6.92 Å². The van der Waals surface area contributed by atoms with Crippen molar-refractivity contribution in [3.8, 4) is 0 Å². The van der Waals surface area contributed by atoms with E-state index in [9.17, 15) is 4.39 Å². The van der Waals surface area contributed by atoms with E-state index in [2.05, 4.69) is 5.32 Å². The van der Waals surface area contributed by atoms with Crippen molar-refractivity contribution in [2.75, 3.05) is 13.2 Å². The predicted octanol–water partition coefficient (Wildman–Crippen LogP) is 2.12. The van der Waals surface area contributed by atoms with Crippen LogP contribution in [0.3, 0.4) is 0 Å². The summed E-state index contributed by atoms with van der Waals surface area (Å²) in [4.78, 5) is 0. The number of aliphatic hydroxyl groups excluding tert-OH is 1. The van der Waals surface area contributed by atoms with E-state index in [0.717, 1.165) is 0 Å². The van der Waals surface area contributed by atoms with Gasteiger partial charge in [0.25, 0.3) is 0 Å². The molecule has 1 atom stereocenters. The third-order valence-electron chi connectivity index (χ3n) is 1.98. The molecular weight excluding hydrogens is 205 g/mol. The van der Waals surface area contributed by atoms with Gasteiger partial charge in [-0.05, 0) is 18.7 Å². The van der Waals surface area contributed by atoms with Crippen molar-refractivity contribution in [1.29, 1.82) is 0 Å². The van der Waals surface area contributed by atoms with Gasteiger partial charge in [0.15, 0.2) is 0 Å². The molecule has 2 nitrogen and oxygen atoms in total. The number of nitrogens with one attached hydrogen (secondary N) is 1. The minimum atomic E-state index is -0.436. The number of hydrogen-bond donors (Lipinski definition) is 2. The molecule has 2 N–H and O–H groups in total. The van der Waals surface area contributed by atoms with Crippen molar-refractivity contribution in [2.45, 2.75) is 13.0 Å². The molecule has 0 aliphatic heterocycles. The molecule has 1 unspecified atom stereocenters.